The van der Waals surface area contributed by atoms with Crippen LogP contribution in [0.15, 0.2) is 30.3 Å². The molecule has 4 nitrogen and oxygen atoms in total. The Balaban J connectivity index is 2.63. The van der Waals surface area contributed by atoms with Gasteiger partial charge in [0.25, 0.3) is 0 Å². The zero-order chi connectivity index (χ0) is 15.9. The molecule has 0 saturated carbocycles. The first-order chi connectivity index (χ1) is 9.86. The Morgan fingerprint density at radius 1 is 1.19 bits per heavy atom. The average molecular weight is 291 g/mol. The molecule has 0 unspecified atom stereocenters. The van der Waals surface area contributed by atoms with Crippen LogP contribution in [0.2, 0.25) is 0 Å². The van der Waals surface area contributed by atoms with Gasteiger partial charge >= 0.3 is 5.97 Å². The summed E-state index contributed by atoms with van der Waals surface area (Å²) in [4.78, 5) is 24.5. The molecule has 1 rings (SSSR count). The molecule has 0 aromatic heterocycles. The number of carbonyl (C=O) groups excluding carboxylic acids is 1. The number of carbonyl (C=O) groups is 2. The fraction of sp³-hybridized carbons (Fsp3) is 0.529. The van der Waals surface area contributed by atoms with E-state index in [9.17, 15) is 9.59 Å². The second kappa shape index (κ2) is 7.81. The third-order valence-corrected chi connectivity index (χ3v) is 3.69. The summed E-state index contributed by atoms with van der Waals surface area (Å²) in [6, 6.07) is 10.1. The van der Waals surface area contributed by atoms with Crippen LogP contribution in [-0.4, -0.2) is 35.0 Å². The van der Waals surface area contributed by atoms with Gasteiger partial charge in [-0.15, -0.1) is 0 Å². The van der Waals surface area contributed by atoms with Gasteiger partial charge in [0, 0.05) is 13.0 Å². The van der Waals surface area contributed by atoms with Gasteiger partial charge in [-0.05, 0) is 23.8 Å². The number of carboxylic acid groups (broad SMARTS) is 1. The topological polar surface area (TPSA) is 57.6 Å². The van der Waals surface area contributed by atoms with Crippen molar-refractivity contribution in [3.05, 3.63) is 35.9 Å². The van der Waals surface area contributed by atoms with Gasteiger partial charge in [-0.3, -0.25) is 9.59 Å². The van der Waals surface area contributed by atoms with E-state index in [1.165, 1.54) is 10.5 Å². The normalized spacial score (nSPS) is 11.2. The maximum atomic E-state index is 12.2. The highest BCUT2D eigenvalue weighted by molar-refractivity contribution is 5.81. The molecule has 0 aliphatic heterocycles. The summed E-state index contributed by atoms with van der Waals surface area (Å²) in [5, 5.41) is 8.87. The Morgan fingerprint density at radius 3 is 2.33 bits per heavy atom. The molecule has 21 heavy (non-hydrogen) atoms. The summed E-state index contributed by atoms with van der Waals surface area (Å²) in [5.74, 6) is -1.04. The second-order valence-corrected chi connectivity index (χ2v) is 5.96. The first kappa shape index (κ1) is 17.2. The Bertz CT molecular complexity index is 468. The molecule has 1 aromatic carbocycles. The molecule has 1 amide bonds. The number of amides is 1. The van der Waals surface area contributed by atoms with Gasteiger partial charge in [0.05, 0.1) is 0 Å². The van der Waals surface area contributed by atoms with Gasteiger partial charge in [0.2, 0.25) is 5.91 Å². The van der Waals surface area contributed by atoms with E-state index in [0.717, 1.165) is 6.42 Å². The zero-order valence-electron chi connectivity index (χ0n) is 13.1. The fourth-order valence-corrected chi connectivity index (χ4v) is 2.34. The maximum absolute atomic E-state index is 12.2. The number of aliphatic carboxylic acids is 1. The van der Waals surface area contributed by atoms with Crippen molar-refractivity contribution in [3.63, 3.8) is 0 Å². The third-order valence-electron chi connectivity index (χ3n) is 3.69. The molecule has 0 aliphatic carbocycles. The van der Waals surface area contributed by atoms with Gasteiger partial charge in [0.1, 0.15) is 6.54 Å². The van der Waals surface area contributed by atoms with E-state index in [2.05, 4.69) is 26.0 Å². The largest absolute Gasteiger partial charge is 0.480 e. The monoisotopic (exact) mass is 291 g/mol. The standard InChI is InChI=1S/C17H25NO3/c1-4-12-18(13-16(20)21)15(19)10-11-17(2,3)14-8-6-5-7-9-14/h5-9H,4,10-13H2,1-3H3,(H,20,21). The molecule has 1 aromatic rings. The van der Waals surface area contributed by atoms with Crippen molar-refractivity contribution in [1.29, 1.82) is 0 Å². The summed E-state index contributed by atoms with van der Waals surface area (Å²) in [5.41, 5.74) is 1.09. The van der Waals surface area contributed by atoms with E-state index in [1.54, 1.807) is 0 Å². The number of nitrogens with zero attached hydrogens (tertiary/aromatic N) is 1. The van der Waals surface area contributed by atoms with Crippen LogP contribution in [0.3, 0.4) is 0 Å². The summed E-state index contributed by atoms with van der Waals surface area (Å²) in [6.45, 7) is 6.44. The number of hydrogen-bond acceptors (Lipinski definition) is 2. The first-order valence-electron chi connectivity index (χ1n) is 7.42. The van der Waals surface area contributed by atoms with E-state index in [4.69, 9.17) is 5.11 Å². The molecular weight excluding hydrogens is 266 g/mol. The average Bonchev–Trinajstić information content (AvgIpc) is 2.45. The van der Waals surface area contributed by atoms with Crippen molar-refractivity contribution in [2.24, 2.45) is 0 Å². The minimum atomic E-state index is -0.959. The predicted molar refractivity (Wildman–Crippen MR) is 83.2 cm³/mol. The predicted octanol–water partition coefficient (Wildman–Crippen LogP) is 3.07. The first-order valence-corrected chi connectivity index (χ1v) is 7.42. The van der Waals surface area contributed by atoms with Crippen molar-refractivity contribution in [3.8, 4) is 0 Å². The van der Waals surface area contributed by atoms with E-state index < -0.39 is 5.97 Å². The Morgan fingerprint density at radius 2 is 1.81 bits per heavy atom. The van der Waals surface area contributed by atoms with Crippen LogP contribution < -0.4 is 0 Å². The highest BCUT2D eigenvalue weighted by atomic mass is 16.4. The van der Waals surface area contributed by atoms with Gasteiger partial charge < -0.3 is 10.0 Å². The lowest BCUT2D eigenvalue weighted by atomic mass is 9.80. The van der Waals surface area contributed by atoms with Gasteiger partial charge in [-0.25, -0.2) is 0 Å². The summed E-state index contributed by atoms with van der Waals surface area (Å²) >= 11 is 0. The van der Waals surface area contributed by atoms with Crippen LogP contribution in [0.4, 0.5) is 0 Å². The molecule has 0 spiro atoms. The Hall–Kier alpha value is -1.84. The van der Waals surface area contributed by atoms with Crippen molar-refractivity contribution in [2.45, 2.75) is 45.4 Å². The minimum Gasteiger partial charge on any atom is -0.480 e. The lowest BCUT2D eigenvalue weighted by molar-refractivity contribution is -0.144. The van der Waals surface area contributed by atoms with E-state index in [-0.39, 0.29) is 17.9 Å². The fourth-order valence-electron chi connectivity index (χ4n) is 2.34. The van der Waals surface area contributed by atoms with Crippen molar-refractivity contribution in [1.82, 2.24) is 4.90 Å². The van der Waals surface area contributed by atoms with Crippen LogP contribution >= 0.6 is 0 Å². The molecule has 0 fully saturated rings. The second-order valence-electron chi connectivity index (χ2n) is 5.96. The SMILES string of the molecule is CCCN(CC(=O)O)C(=O)CCC(C)(C)c1ccccc1. The number of hydrogen-bond donors (Lipinski definition) is 1. The Labute approximate surface area is 126 Å². The molecule has 4 heteroatoms. The van der Waals surface area contributed by atoms with Gasteiger partial charge in [0.15, 0.2) is 0 Å². The molecule has 0 saturated heterocycles. The maximum Gasteiger partial charge on any atom is 0.323 e. The van der Waals surface area contributed by atoms with E-state index in [1.807, 2.05) is 25.1 Å². The number of carboxylic acids is 1. The zero-order valence-corrected chi connectivity index (χ0v) is 13.1. The molecule has 116 valence electrons. The van der Waals surface area contributed by atoms with Crippen LogP contribution in [-0.2, 0) is 15.0 Å². The highest BCUT2D eigenvalue weighted by Gasteiger charge is 2.23. The molecule has 0 heterocycles. The summed E-state index contributed by atoms with van der Waals surface area (Å²) in [7, 11) is 0. The smallest absolute Gasteiger partial charge is 0.323 e. The van der Waals surface area contributed by atoms with Crippen LogP contribution in [0.25, 0.3) is 0 Å². The van der Waals surface area contributed by atoms with Crippen molar-refractivity contribution >= 4 is 11.9 Å². The van der Waals surface area contributed by atoms with Crippen molar-refractivity contribution < 1.29 is 14.7 Å². The lowest BCUT2D eigenvalue weighted by Crippen LogP contribution is -2.37. The third kappa shape index (κ3) is 5.58. The minimum absolute atomic E-state index is 0.0803. The van der Waals surface area contributed by atoms with E-state index in [0.29, 0.717) is 19.4 Å². The summed E-state index contributed by atoms with van der Waals surface area (Å²) < 4.78 is 0. The van der Waals surface area contributed by atoms with Gasteiger partial charge in [-0.1, -0.05) is 51.1 Å². The molecule has 0 radical (unpaired) electrons. The van der Waals surface area contributed by atoms with Crippen molar-refractivity contribution in [2.75, 3.05) is 13.1 Å². The van der Waals surface area contributed by atoms with Crippen LogP contribution in [0.1, 0.15) is 45.6 Å². The molecule has 0 atom stereocenters. The van der Waals surface area contributed by atoms with Gasteiger partial charge in [-0.2, -0.15) is 0 Å². The number of benzene rings is 1. The number of rotatable bonds is 8. The highest BCUT2D eigenvalue weighted by Crippen LogP contribution is 2.28. The van der Waals surface area contributed by atoms with E-state index >= 15 is 0 Å². The quantitative estimate of drug-likeness (QED) is 0.801. The summed E-state index contributed by atoms with van der Waals surface area (Å²) in [6.07, 6.45) is 1.84. The van der Waals surface area contributed by atoms with Crippen LogP contribution in [0, 0.1) is 0 Å². The molecule has 0 bridgehead atoms. The molecular formula is C17H25NO3. The Kier molecular flexibility index (Phi) is 6.40. The lowest BCUT2D eigenvalue weighted by Gasteiger charge is -2.27. The van der Waals surface area contributed by atoms with Crippen LogP contribution in [0.5, 0.6) is 0 Å². The molecule has 1 N–H and O–H groups in total. The molecule has 0 aliphatic rings.